The number of rotatable bonds is 8. The van der Waals surface area contributed by atoms with E-state index in [2.05, 4.69) is 31.3 Å². The Kier molecular flexibility index (Phi) is 9.19. The first-order valence-electron chi connectivity index (χ1n) is 12.7. The molecule has 0 spiro atoms. The summed E-state index contributed by atoms with van der Waals surface area (Å²) in [5.41, 5.74) is 7.25. The molecule has 37 heavy (non-hydrogen) atoms. The van der Waals surface area contributed by atoms with Crippen LogP contribution in [-0.2, 0) is 10.0 Å². The van der Waals surface area contributed by atoms with Gasteiger partial charge in [-0.2, -0.15) is 0 Å². The van der Waals surface area contributed by atoms with Crippen molar-refractivity contribution in [2.45, 2.75) is 51.4 Å². The largest absolute Gasteiger partial charge is 0.353 e. The van der Waals surface area contributed by atoms with Gasteiger partial charge in [-0.3, -0.25) is 14.5 Å². The molecule has 2 atom stereocenters. The summed E-state index contributed by atoms with van der Waals surface area (Å²) in [6.07, 6.45) is 3.94. The zero-order valence-electron chi connectivity index (χ0n) is 21.2. The van der Waals surface area contributed by atoms with Crippen molar-refractivity contribution >= 4 is 44.7 Å². The van der Waals surface area contributed by atoms with E-state index in [1.807, 2.05) is 0 Å². The molecule has 3 N–H and O–H groups in total. The van der Waals surface area contributed by atoms with Crippen molar-refractivity contribution in [1.82, 2.24) is 14.8 Å². The van der Waals surface area contributed by atoms with E-state index in [1.165, 1.54) is 12.3 Å². The molecule has 3 heterocycles. The molecule has 204 valence electrons. The van der Waals surface area contributed by atoms with Crippen LogP contribution in [-0.4, -0.2) is 73.8 Å². The zero-order chi connectivity index (χ0) is 26.7. The van der Waals surface area contributed by atoms with Crippen molar-refractivity contribution in [2.75, 3.05) is 48.1 Å². The van der Waals surface area contributed by atoms with Gasteiger partial charge in [0, 0.05) is 55.4 Å². The van der Waals surface area contributed by atoms with Crippen LogP contribution in [0.2, 0.25) is 10.0 Å². The Labute approximate surface area is 229 Å². The molecule has 2 fully saturated rings. The monoisotopic (exact) mass is 572 g/mol. The van der Waals surface area contributed by atoms with E-state index in [4.69, 9.17) is 28.9 Å². The van der Waals surface area contributed by atoms with Crippen molar-refractivity contribution in [3.8, 4) is 0 Å². The maximum atomic E-state index is 14.4. The second kappa shape index (κ2) is 12.0. The lowest BCUT2D eigenvalue weighted by Crippen LogP contribution is -2.59. The van der Waals surface area contributed by atoms with E-state index in [9.17, 15) is 12.8 Å². The van der Waals surface area contributed by atoms with Gasteiger partial charge >= 0.3 is 0 Å². The average molecular weight is 574 g/mol. The summed E-state index contributed by atoms with van der Waals surface area (Å²) >= 11 is 12.4. The zero-order valence-corrected chi connectivity index (χ0v) is 23.5. The van der Waals surface area contributed by atoms with E-state index in [0.717, 1.165) is 52.0 Å². The molecule has 1 aromatic heterocycles. The molecule has 12 heteroatoms. The van der Waals surface area contributed by atoms with E-state index in [-0.39, 0.29) is 11.6 Å². The average Bonchev–Trinajstić information content (AvgIpc) is 2.88. The molecule has 1 aromatic carbocycles. The van der Waals surface area contributed by atoms with Crippen LogP contribution in [0.15, 0.2) is 30.5 Å². The van der Waals surface area contributed by atoms with Crippen LogP contribution in [0, 0.1) is 5.82 Å². The Morgan fingerprint density at radius 2 is 1.89 bits per heavy atom. The third-order valence-corrected chi connectivity index (χ3v) is 9.24. The maximum Gasteiger partial charge on any atom is 0.232 e. The molecule has 2 saturated heterocycles. The number of hydrogen-bond donors (Lipinski definition) is 2. The van der Waals surface area contributed by atoms with Crippen molar-refractivity contribution < 1.29 is 12.8 Å². The third-order valence-electron chi connectivity index (χ3n) is 7.42. The number of nitrogens with two attached hydrogens (primary N) is 1. The molecular formula is C25H35Cl2FN6O2S. The van der Waals surface area contributed by atoms with Crippen LogP contribution in [0.1, 0.15) is 44.8 Å². The van der Waals surface area contributed by atoms with Crippen LogP contribution in [0.25, 0.3) is 0 Å². The minimum atomic E-state index is -3.39. The van der Waals surface area contributed by atoms with Crippen LogP contribution in [0.4, 0.5) is 15.9 Å². The first-order chi connectivity index (χ1) is 17.6. The van der Waals surface area contributed by atoms with Gasteiger partial charge in [0.15, 0.2) is 0 Å². The van der Waals surface area contributed by atoms with Crippen molar-refractivity contribution in [2.24, 2.45) is 5.73 Å². The van der Waals surface area contributed by atoms with Crippen LogP contribution in [0.3, 0.4) is 0 Å². The van der Waals surface area contributed by atoms with Crippen LogP contribution in [0.5, 0.6) is 0 Å². The summed E-state index contributed by atoms with van der Waals surface area (Å²) in [4.78, 5) is 11.4. The fourth-order valence-corrected chi connectivity index (χ4v) is 6.37. The summed E-state index contributed by atoms with van der Waals surface area (Å²) in [5.74, 6) is 0.285. The summed E-state index contributed by atoms with van der Waals surface area (Å²) < 4.78 is 40.6. The summed E-state index contributed by atoms with van der Waals surface area (Å²) in [5, 5.41) is 0.793. The number of pyridine rings is 1. The molecule has 2 aliphatic rings. The molecule has 2 aromatic rings. The molecule has 4 rings (SSSR count). The fourth-order valence-electron chi connectivity index (χ4n) is 5.31. The summed E-state index contributed by atoms with van der Waals surface area (Å²) in [6.45, 7) is 7.81. The lowest BCUT2D eigenvalue weighted by atomic mass is 9.97. The standard InChI is InChI=1S/C25H35Cl2FN6O2S/c1-3-19-16-33(25-22(27)14-18(15-30-25)31-37(35,36)4-2)11-12-34(19)20-7-9-32(10-8-20)24(29)21-6-5-17(26)13-23(21)28/h5-6,13-15,19-20,24,31H,3-4,7-12,16,29H2,1-2H3/t19-,24?/m0/s1. The predicted molar refractivity (Wildman–Crippen MR) is 148 cm³/mol. The Morgan fingerprint density at radius 3 is 2.51 bits per heavy atom. The highest BCUT2D eigenvalue weighted by atomic mass is 35.5. The van der Waals surface area contributed by atoms with Gasteiger partial charge in [-0.1, -0.05) is 36.2 Å². The van der Waals surface area contributed by atoms with Gasteiger partial charge in [0.1, 0.15) is 11.6 Å². The molecule has 8 nitrogen and oxygen atoms in total. The quantitative estimate of drug-likeness (QED) is 0.486. The number of benzene rings is 1. The second-order valence-electron chi connectivity index (χ2n) is 9.66. The third kappa shape index (κ3) is 6.66. The van der Waals surface area contributed by atoms with Gasteiger partial charge in [-0.25, -0.2) is 17.8 Å². The van der Waals surface area contributed by atoms with Crippen molar-refractivity contribution in [3.05, 3.63) is 51.9 Å². The normalized spacial score (nSPS) is 21.2. The Morgan fingerprint density at radius 1 is 1.16 bits per heavy atom. The molecule has 0 aliphatic carbocycles. The predicted octanol–water partition coefficient (Wildman–Crippen LogP) is 4.31. The first kappa shape index (κ1) is 28.3. The summed E-state index contributed by atoms with van der Waals surface area (Å²) in [7, 11) is -3.39. The molecule has 0 amide bonds. The lowest BCUT2D eigenvalue weighted by molar-refractivity contribution is 0.0491. The molecule has 1 unspecified atom stereocenters. The minimum absolute atomic E-state index is 0.0185. The Bertz CT molecular complexity index is 1200. The molecule has 2 aliphatic heterocycles. The number of anilines is 2. The van der Waals surface area contributed by atoms with Gasteiger partial charge in [0.2, 0.25) is 10.0 Å². The number of piperidine rings is 1. The minimum Gasteiger partial charge on any atom is -0.353 e. The molecule has 0 bridgehead atoms. The number of likely N-dealkylation sites (tertiary alicyclic amines) is 1. The highest BCUT2D eigenvalue weighted by Gasteiger charge is 2.35. The topological polar surface area (TPSA) is 94.8 Å². The molecule has 0 saturated carbocycles. The number of nitrogens with one attached hydrogen (secondary N) is 1. The van der Waals surface area contributed by atoms with Gasteiger partial charge in [0.25, 0.3) is 0 Å². The Hall–Kier alpha value is -1.69. The number of piperazine rings is 1. The van der Waals surface area contributed by atoms with E-state index in [1.54, 1.807) is 25.1 Å². The summed E-state index contributed by atoms with van der Waals surface area (Å²) in [6, 6.07) is 7.05. The molecule has 0 radical (unpaired) electrons. The van der Waals surface area contributed by atoms with Gasteiger partial charge in [-0.15, -0.1) is 0 Å². The maximum absolute atomic E-state index is 14.4. The number of nitrogens with zero attached hydrogens (tertiary/aromatic N) is 4. The number of halogens is 3. The SMILES string of the molecule is CC[C@H]1CN(c2ncc(NS(=O)(=O)CC)cc2Cl)CCN1C1CCN(C(N)c2ccc(Cl)cc2F)CC1. The van der Waals surface area contributed by atoms with E-state index < -0.39 is 16.2 Å². The first-order valence-corrected chi connectivity index (χ1v) is 15.1. The van der Waals surface area contributed by atoms with E-state index >= 15 is 0 Å². The number of hydrogen-bond acceptors (Lipinski definition) is 7. The highest BCUT2D eigenvalue weighted by Crippen LogP contribution is 2.32. The van der Waals surface area contributed by atoms with Gasteiger partial charge in [-0.05, 0) is 44.4 Å². The highest BCUT2D eigenvalue weighted by molar-refractivity contribution is 7.92. The lowest BCUT2D eigenvalue weighted by Gasteiger charge is -2.48. The second-order valence-corrected chi connectivity index (χ2v) is 12.5. The smallest absolute Gasteiger partial charge is 0.232 e. The fraction of sp³-hybridized carbons (Fsp3) is 0.560. The van der Waals surface area contributed by atoms with Crippen molar-refractivity contribution in [3.63, 3.8) is 0 Å². The van der Waals surface area contributed by atoms with E-state index in [0.29, 0.717) is 39.2 Å². The van der Waals surface area contributed by atoms with Gasteiger partial charge < -0.3 is 10.6 Å². The molecular weight excluding hydrogens is 538 g/mol. The van der Waals surface area contributed by atoms with Crippen LogP contribution < -0.4 is 15.4 Å². The van der Waals surface area contributed by atoms with Crippen molar-refractivity contribution in [1.29, 1.82) is 0 Å². The number of aromatic nitrogens is 1. The number of sulfonamides is 1. The Balaban J connectivity index is 1.36. The van der Waals surface area contributed by atoms with Crippen LogP contribution >= 0.6 is 23.2 Å². The van der Waals surface area contributed by atoms with Gasteiger partial charge in [0.05, 0.1) is 28.8 Å².